The van der Waals surface area contributed by atoms with Crippen LogP contribution < -0.4 is 9.62 Å². The number of carbonyl (C=O) groups is 2. The molecule has 0 heterocycles. The number of benzene rings is 3. The molecular formula is C28H32FN3O4S. The van der Waals surface area contributed by atoms with E-state index in [2.05, 4.69) is 5.32 Å². The Kier molecular flexibility index (Phi) is 9.41. The Labute approximate surface area is 218 Å². The molecule has 0 fully saturated rings. The number of hydrogen-bond donors (Lipinski definition) is 1. The van der Waals surface area contributed by atoms with Crippen molar-refractivity contribution in [3.8, 4) is 0 Å². The van der Waals surface area contributed by atoms with Crippen molar-refractivity contribution in [1.29, 1.82) is 0 Å². The topological polar surface area (TPSA) is 86.8 Å². The maximum atomic E-state index is 13.8. The summed E-state index contributed by atoms with van der Waals surface area (Å²) >= 11 is 0. The Hall–Kier alpha value is -3.72. The molecule has 0 saturated carbocycles. The van der Waals surface area contributed by atoms with Crippen LogP contribution in [-0.2, 0) is 26.2 Å². The molecule has 0 aromatic heterocycles. The highest BCUT2D eigenvalue weighted by Crippen LogP contribution is 2.25. The minimum absolute atomic E-state index is 0.00650. The van der Waals surface area contributed by atoms with Gasteiger partial charge in [0.1, 0.15) is 18.4 Å². The van der Waals surface area contributed by atoms with E-state index >= 15 is 0 Å². The fourth-order valence-corrected chi connectivity index (χ4v) is 5.39. The first-order valence-corrected chi connectivity index (χ1v) is 13.6. The molecule has 2 amide bonds. The van der Waals surface area contributed by atoms with Gasteiger partial charge in [0.15, 0.2) is 0 Å². The lowest BCUT2D eigenvalue weighted by atomic mass is 10.1. The third kappa shape index (κ3) is 6.95. The second kappa shape index (κ2) is 12.5. The van der Waals surface area contributed by atoms with Crippen molar-refractivity contribution in [3.63, 3.8) is 0 Å². The molecule has 0 unspecified atom stereocenters. The van der Waals surface area contributed by atoms with Crippen molar-refractivity contribution in [2.75, 3.05) is 17.4 Å². The minimum atomic E-state index is -4.17. The van der Waals surface area contributed by atoms with Gasteiger partial charge in [-0.3, -0.25) is 13.9 Å². The van der Waals surface area contributed by atoms with Crippen LogP contribution in [0.15, 0.2) is 83.8 Å². The lowest BCUT2D eigenvalue weighted by Gasteiger charge is -2.33. The van der Waals surface area contributed by atoms with Crippen LogP contribution in [0.3, 0.4) is 0 Å². The monoisotopic (exact) mass is 525 g/mol. The standard InChI is InChI=1S/C28H32FN3O4S/c1-4-26(28(34)30-5-2)31(19-22-13-11-21(3)12-14-22)27(33)20-32(24-17-15-23(29)16-18-24)37(35,36)25-9-7-6-8-10-25/h6-18,26H,4-5,19-20H2,1-3H3,(H,30,34)/t26-/m0/s1. The highest BCUT2D eigenvalue weighted by Gasteiger charge is 2.33. The summed E-state index contributed by atoms with van der Waals surface area (Å²) in [4.78, 5) is 28.1. The van der Waals surface area contributed by atoms with Crippen LogP contribution >= 0.6 is 0 Å². The third-order valence-corrected chi connectivity index (χ3v) is 7.72. The molecule has 0 bridgehead atoms. The Morgan fingerprint density at radius 1 is 0.919 bits per heavy atom. The second-order valence-corrected chi connectivity index (χ2v) is 10.5. The van der Waals surface area contributed by atoms with E-state index in [1.807, 2.05) is 31.2 Å². The molecule has 0 aliphatic rings. The van der Waals surface area contributed by atoms with Gasteiger partial charge in [0, 0.05) is 13.1 Å². The van der Waals surface area contributed by atoms with Crippen molar-refractivity contribution in [1.82, 2.24) is 10.2 Å². The summed E-state index contributed by atoms with van der Waals surface area (Å²) in [5.74, 6) is -1.40. The molecule has 9 heteroatoms. The van der Waals surface area contributed by atoms with Crippen LogP contribution in [0.2, 0.25) is 0 Å². The quantitative estimate of drug-likeness (QED) is 0.405. The number of amides is 2. The fraction of sp³-hybridized carbons (Fsp3) is 0.286. The highest BCUT2D eigenvalue weighted by atomic mass is 32.2. The molecule has 7 nitrogen and oxygen atoms in total. The van der Waals surface area contributed by atoms with Gasteiger partial charge in [0.2, 0.25) is 11.8 Å². The van der Waals surface area contributed by atoms with Crippen LogP contribution in [0.4, 0.5) is 10.1 Å². The number of halogens is 1. The predicted molar refractivity (Wildman–Crippen MR) is 142 cm³/mol. The van der Waals surface area contributed by atoms with E-state index in [-0.39, 0.29) is 23.0 Å². The van der Waals surface area contributed by atoms with Crippen molar-refractivity contribution < 1.29 is 22.4 Å². The zero-order valence-corrected chi connectivity index (χ0v) is 22.0. The number of carbonyl (C=O) groups excluding carboxylic acids is 2. The Morgan fingerprint density at radius 2 is 1.54 bits per heavy atom. The number of nitrogens with one attached hydrogen (secondary N) is 1. The van der Waals surface area contributed by atoms with E-state index in [0.29, 0.717) is 13.0 Å². The van der Waals surface area contributed by atoms with Gasteiger partial charge in [0.05, 0.1) is 10.6 Å². The molecule has 3 rings (SSSR count). The smallest absolute Gasteiger partial charge is 0.264 e. The zero-order valence-electron chi connectivity index (χ0n) is 21.2. The summed E-state index contributed by atoms with van der Waals surface area (Å²) in [5.41, 5.74) is 2.00. The maximum absolute atomic E-state index is 13.8. The molecule has 196 valence electrons. The summed E-state index contributed by atoms with van der Waals surface area (Å²) in [6.07, 6.45) is 0.339. The first-order valence-electron chi connectivity index (χ1n) is 12.1. The number of likely N-dealkylation sites (N-methyl/N-ethyl adjacent to an activating group) is 1. The number of aryl methyl sites for hydroxylation is 1. The van der Waals surface area contributed by atoms with Crippen LogP contribution in [0.5, 0.6) is 0 Å². The molecule has 1 atom stereocenters. The average molecular weight is 526 g/mol. The van der Waals surface area contributed by atoms with Gasteiger partial charge in [-0.05, 0) is 62.2 Å². The van der Waals surface area contributed by atoms with Gasteiger partial charge in [-0.25, -0.2) is 12.8 Å². The van der Waals surface area contributed by atoms with E-state index in [9.17, 15) is 22.4 Å². The molecule has 37 heavy (non-hydrogen) atoms. The molecule has 3 aromatic rings. The first-order chi connectivity index (χ1) is 17.7. The van der Waals surface area contributed by atoms with E-state index in [0.717, 1.165) is 27.6 Å². The Bertz CT molecular complexity index is 1300. The molecule has 0 radical (unpaired) electrons. The lowest BCUT2D eigenvalue weighted by molar-refractivity contribution is -0.140. The summed E-state index contributed by atoms with van der Waals surface area (Å²) in [6, 6.07) is 19.4. The zero-order chi connectivity index (χ0) is 27.0. The van der Waals surface area contributed by atoms with Gasteiger partial charge >= 0.3 is 0 Å². The summed E-state index contributed by atoms with van der Waals surface area (Å²) in [5, 5.41) is 2.77. The van der Waals surface area contributed by atoms with E-state index < -0.39 is 34.3 Å². The Morgan fingerprint density at radius 3 is 2.11 bits per heavy atom. The van der Waals surface area contributed by atoms with Crippen LogP contribution in [0, 0.1) is 12.7 Å². The second-order valence-electron chi connectivity index (χ2n) is 8.63. The molecule has 3 aromatic carbocycles. The van der Waals surface area contributed by atoms with Crippen LogP contribution in [-0.4, -0.2) is 44.3 Å². The van der Waals surface area contributed by atoms with Crippen molar-refractivity contribution in [2.24, 2.45) is 0 Å². The fourth-order valence-electron chi connectivity index (χ4n) is 3.96. The first kappa shape index (κ1) is 27.9. The average Bonchev–Trinajstić information content (AvgIpc) is 2.89. The van der Waals surface area contributed by atoms with Gasteiger partial charge in [-0.15, -0.1) is 0 Å². The van der Waals surface area contributed by atoms with E-state index in [1.165, 1.54) is 29.2 Å². The number of sulfonamides is 1. The number of anilines is 1. The normalized spacial score (nSPS) is 12.0. The molecular weight excluding hydrogens is 493 g/mol. The van der Waals surface area contributed by atoms with Crippen molar-refractivity contribution in [3.05, 3.63) is 95.8 Å². The minimum Gasteiger partial charge on any atom is -0.355 e. The lowest BCUT2D eigenvalue weighted by Crippen LogP contribution is -2.52. The Balaban J connectivity index is 2.03. The van der Waals surface area contributed by atoms with Gasteiger partial charge < -0.3 is 10.2 Å². The van der Waals surface area contributed by atoms with Crippen LogP contribution in [0.1, 0.15) is 31.4 Å². The molecule has 0 aliphatic heterocycles. The SMILES string of the molecule is CCNC(=O)[C@H](CC)N(Cc1ccc(C)cc1)C(=O)CN(c1ccc(F)cc1)S(=O)(=O)c1ccccc1. The van der Waals surface area contributed by atoms with Gasteiger partial charge in [0.25, 0.3) is 10.0 Å². The molecule has 0 saturated heterocycles. The molecule has 1 N–H and O–H groups in total. The van der Waals surface area contributed by atoms with Crippen LogP contribution in [0.25, 0.3) is 0 Å². The summed E-state index contributed by atoms with van der Waals surface area (Å²) < 4.78 is 41.9. The van der Waals surface area contributed by atoms with Gasteiger partial charge in [-0.2, -0.15) is 0 Å². The summed E-state index contributed by atoms with van der Waals surface area (Å²) in [6.45, 7) is 5.49. The predicted octanol–water partition coefficient (Wildman–Crippen LogP) is 4.27. The van der Waals surface area contributed by atoms with Crippen molar-refractivity contribution in [2.45, 2.75) is 44.7 Å². The van der Waals surface area contributed by atoms with E-state index in [4.69, 9.17) is 0 Å². The number of hydrogen-bond acceptors (Lipinski definition) is 4. The largest absolute Gasteiger partial charge is 0.355 e. The maximum Gasteiger partial charge on any atom is 0.264 e. The molecule has 0 spiro atoms. The highest BCUT2D eigenvalue weighted by molar-refractivity contribution is 7.92. The van der Waals surface area contributed by atoms with Crippen molar-refractivity contribution >= 4 is 27.5 Å². The summed E-state index contributed by atoms with van der Waals surface area (Å²) in [7, 11) is -4.17. The third-order valence-electron chi connectivity index (χ3n) is 5.94. The van der Waals surface area contributed by atoms with E-state index in [1.54, 1.807) is 32.0 Å². The molecule has 0 aliphatic carbocycles. The van der Waals surface area contributed by atoms with Gasteiger partial charge in [-0.1, -0.05) is 55.0 Å². The number of rotatable bonds is 11. The number of nitrogens with zero attached hydrogens (tertiary/aromatic N) is 2.